The fraction of sp³-hybridized carbons (Fsp3) is 0.152. The second-order valence-corrected chi connectivity index (χ2v) is 9.86. The summed E-state index contributed by atoms with van der Waals surface area (Å²) in [7, 11) is 1.10. The van der Waals surface area contributed by atoms with E-state index in [0.29, 0.717) is 10.9 Å². The average molecular weight is 579 g/mol. The normalized spacial score (nSPS) is 17.7. The maximum atomic E-state index is 15.2. The predicted octanol–water partition coefficient (Wildman–Crippen LogP) is 3.78. The van der Waals surface area contributed by atoms with Gasteiger partial charge >= 0.3 is 17.6 Å². The van der Waals surface area contributed by atoms with E-state index in [2.05, 4.69) is 0 Å². The summed E-state index contributed by atoms with van der Waals surface area (Å²) in [4.78, 5) is 58.2. The van der Waals surface area contributed by atoms with E-state index in [0.717, 1.165) is 12.7 Å². The third-order valence-corrected chi connectivity index (χ3v) is 7.52. The van der Waals surface area contributed by atoms with Crippen LogP contribution in [0.15, 0.2) is 111 Å². The monoisotopic (exact) mass is 578 g/mol. The number of para-hydroxylation sites is 1. The zero-order chi connectivity index (χ0) is 30.3. The molecular weight excluding hydrogens is 552 g/mol. The number of hydrogen-bond donors (Lipinski definition) is 1. The quantitative estimate of drug-likeness (QED) is 0.268. The molecule has 0 saturated heterocycles. The number of amides is 1. The molecule has 4 aromatic rings. The summed E-state index contributed by atoms with van der Waals surface area (Å²) in [5, 5.41) is 0.308. The molecule has 2 aliphatic heterocycles. The number of rotatable bonds is 6. The van der Waals surface area contributed by atoms with E-state index in [9.17, 15) is 14.4 Å². The van der Waals surface area contributed by atoms with Crippen molar-refractivity contribution in [2.75, 3.05) is 13.7 Å². The van der Waals surface area contributed by atoms with Crippen LogP contribution in [0.4, 0.5) is 0 Å². The largest absolute Gasteiger partial charge is 0.465 e. The number of esters is 2. The first-order valence-electron chi connectivity index (χ1n) is 13.5. The lowest BCUT2D eigenvalue weighted by atomic mass is 9.67. The van der Waals surface area contributed by atoms with E-state index >= 15 is 4.79 Å². The number of fused-ring (bicyclic) bond motifs is 4. The SMILES string of the molecule is CCOC(=O)C1=C(c2ccccc2)N(Cc2ccccc2)C(=O)C12C(C(=O)OC)=C(N)Oc1c2c(=O)oc2ccccc12. The average Bonchev–Trinajstić information content (AvgIpc) is 3.25. The Morgan fingerprint density at radius 2 is 1.53 bits per heavy atom. The topological polar surface area (TPSA) is 138 Å². The molecule has 10 nitrogen and oxygen atoms in total. The third-order valence-electron chi connectivity index (χ3n) is 7.52. The van der Waals surface area contributed by atoms with E-state index in [1.807, 2.05) is 30.3 Å². The molecule has 2 aliphatic rings. The Hall–Kier alpha value is -5.64. The van der Waals surface area contributed by atoms with Gasteiger partial charge in [0.05, 0.1) is 36.9 Å². The van der Waals surface area contributed by atoms with Crippen molar-refractivity contribution in [2.24, 2.45) is 5.73 Å². The molecule has 0 bridgehead atoms. The number of carbonyl (C=O) groups is 3. The minimum Gasteiger partial charge on any atom is -0.465 e. The van der Waals surface area contributed by atoms with Gasteiger partial charge in [-0.1, -0.05) is 72.8 Å². The molecule has 1 atom stereocenters. The zero-order valence-corrected chi connectivity index (χ0v) is 23.3. The van der Waals surface area contributed by atoms with Gasteiger partial charge in [-0.05, 0) is 30.2 Å². The van der Waals surface area contributed by atoms with Crippen molar-refractivity contribution >= 4 is 34.5 Å². The Balaban J connectivity index is 1.81. The van der Waals surface area contributed by atoms with Crippen molar-refractivity contribution < 1.29 is 33.0 Å². The van der Waals surface area contributed by atoms with Crippen LogP contribution in [0.25, 0.3) is 16.7 Å². The summed E-state index contributed by atoms with van der Waals surface area (Å²) in [6.07, 6.45) is 0. The molecule has 1 aromatic heterocycles. The molecule has 0 radical (unpaired) electrons. The minimum absolute atomic E-state index is 0.0159. The van der Waals surface area contributed by atoms with Crippen LogP contribution in [0, 0.1) is 0 Å². The minimum atomic E-state index is -2.43. The first-order valence-corrected chi connectivity index (χ1v) is 13.5. The maximum Gasteiger partial charge on any atom is 0.345 e. The molecule has 3 aromatic carbocycles. The van der Waals surface area contributed by atoms with E-state index in [1.165, 1.54) is 4.90 Å². The summed E-state index contributed by atoms with van der Waals surface area (Å²) in [5.41, 5.74) is 3.31. The van der Waals surface area contributed by atoms with E-state index in [1.54, 1.807) is 61.5 Å². The summed E-state index contributed by atoms with van der Waals surface area (Å²) in [6.45, 7) is 1.53. The number of nitrogens with zero attached hydrogens (tertiary/aromatic N) is 1. The fourth-order valence-corrected chi connectivity index (χ4v) is 5.83. The van der Waals surface area contributed by atoms with Gasteiger partial charge in [0.25, 0.3) is 0 Å². The number of ether oxygens (including phenoxy) is 3. The third kappa shape index (κ3) is 4.10. The second kappa shape index (κ2) is 10.6. The first-order chi connectivity index (χ1) is 20.8. The molecule has 2 N–H and O–H groups in total. The van der Waals surface area contributed by atoms with Gasteiger partial charge in [-0.3, -0.25) is 4.79 Å². The Morgan fingerprint density at radius 3 is 2.21 bits per heavy atom. The van der Waals surface area contributed by atoms with Crippen molar-refractivity contribution in [3.05, 3.63) is 129 Å². The van der Waals surface area contributed by atoms with Gasteiger partial charge < -0.3 is 29.3 Å². The lowest BCUT2D eigenvalue weighted by molar-refractivity contribution is -0.143. The molecule has 10 heteroatoms. The Kier molecular flexibility index (Phi) is 6.81. The van der Waals surface area contributed by atoms with Crippen LogP contribution in [0.1, 0.15) is 23.6 Å². The lowest BCUT2D eigenvalue weighted by Gasteiger charge is -2.35. The molecule has 0 aliphatic carbocycles. The number of nitrogens with two attached hydrogens (primary N) is 1. The number of carbonyl (C=O) groups excluding carboxylic acids is 3. The Morgan fingerprint density at radius 1 is 0.884 bits per heavy atom. The molecule has 216 valence electrons. The first kappa shape index (κ1) is 27.5. The number of benzene rings is 3. The van der Waals surface area contributed by atoms with Gasteiger partial charge in [-0.2, -0.15) is 0 Å². The van der Waals surface area contributed by atoms with Crippen LogP contribution in [-0.2, 0) is 35.8 Å². The van der Waals surface area contributed by atoms with E-state index in [-0.39, 0.29) is 41.3 Å². The fourth-order valence-electron chi connectivity index (χ4n) is 5.83. The van der Waals surface area contributed by atoms with Crippen LogP contribution in [-0.4, -0.2) is 36.5 Å². The van der Waals surface area contributed by atoms with Gasteiger partial charge in [0, 0.05) is 0 Å². The van der Waals surface area contributed by atoms with E-state index in [4.69, 9.17) is 24.4 Å². The number of methoxy groups -OCH3 is 1. The maximum absolute atomic E-state index is 15.2. The van der Waals surface area contributed by atoms with Gasteiger partial charge in [0.1, 0.15) is 16.7 Å². The van der Waals surface area contributed by atoms with Crippen LogP contribution >= 0.6 is 0 Å². The number of hydrogen-bond acceptors (Lipinski definition) is 9. The molecule has 0 fully saturated rings. The van der Waals surface area contributed by atoms with Gasteiger partial charge in [0.15, 0.2) is 11.2 Å². The molecule has 1 amide bonds. The molecular formula is C33H26N2O8. The van der Waals surface area contributed by atoms with Crippen LogP contribution in [0.2, 0.25) is 0 Å². The van der Waals surface area contributed by atoms with Crippen LogP contribution < -0.4 is 16.1 Å². The highest BCUT2D eigenvalue weighted by molar-refractivity contribution is 6.22. The standard InChI is InChI=1S/C33H26N2O8/c1-3-41-30(37)23-26(20-14-8-5-9-15-20)35(18-19-12-6-4-7-13-19)32(39)33(23)24-27(43-28(34)25(33)29(36)40-2)21-16-10-11-17-22(21)42-31(24)38/h4-17H,3,18,34H2,1-2H3. The Bertz CT molecular complexity index is 1910. The van der Waals surface area contributed by atoms with Crippen molar-refractivity contribution in [3.8, 4) is 5.75 Å². The highest BCUT2D eigenvalue weighted by atomic mass is 16.5. The zero-order valence-electron chi connectivity index (χ0n) is 23.3. The molecule has 6 rings (SSSR count). The molecule has 1 spiro atoms. The van der Waals surface area contributed by atoms with Crippen molar-refractivity contribution in [1.29, 1.82) is 0 Å². The molecule has 3 heterocycles. The second-order valence-electron chi connectivity index (χ2n) is 9.86. The van der Waals surface area contributed by atoms with Gasteiger partial charge in [-0.15, -0.1) is 0 Å². The molecule has 0 saturated carbocycles. The Labute approximate surface area is 245 Å². The lowest BCUT2D eigenvalue weighted by Crippen LogP contribution is -2.51. The van der Waals surface area contributed by atoms with E-state index < -0.39 is 40.3 Å². The summed E-state index contributed by atoms with van der Waals surface area (Å²) in [6, 6.07) is 24.3. The van der Waals surface area contributed by atoms with Crippen LogP contribution in [0.3, 0.4) is 0 Å². The smallest absolute Gasteiger partial charge is 0.345 e. The predicted molar refractivity (Wildman–Crippen MR) is 155 cm³/mol. The van der Waals surface area contributed by atoms with Crippen molar-refractivity contribution in [2.45, 2.75) is 18.9 Å². The summed E-state index contributed by atoms with van der Waals surface area (Å²) in [5.74, 6) is -3.41. The van der Waals surface area contributed by atoms with Gasteiger partial charge in [-0.25, -0.2) is 14.4 Å². The van der Waals surface area contributed by atoms with Crippen molar-refractivity contribution in [1.82, 2.24) is 4.90 Å². The highest BCUT2D eigenvalue weighted by Crippen LogP contribution is 2.56. The van der Waals surface area contributed by atoms with Crippen molar-refractivity contribution in [3.63, 3.8) is 0 Å². The van der Waals surface area contributed by atoms with Gasteiger partial charge in [0.2, 0.25) is 11.8 Å². The highest BCUT2D eigenvalue weighted by Gasteiger charge is 2.66. The van der Waals surface area contributed by atoms with Crippen LogP contribution in [0.5, 0.6) is 5.75 Å². The summed E-state index contributed by atoms with van der Waals surface area (Å²) < 4.78 is 22.2. The summed E-state index contributed by atoms with van der Waals surface area (Å²) >= 11 is 0. The molecule has 43 heavy (non-hydrogen) atoms. The molecule has 1 unspecified atom stereocenters.